The first-order valence-corrected chi connectivity index (χ1v) is 15.2. The van der Waals surface area contributed by atoms with Crippen molar-refractivity contribution in [3.63, 3.8) is 0 Å². The summed E-state index contributed by atoms with van der Waals surface area (Å²) in [6, 6.07) is 12.8. The van der Waals surface area contributed by atoms with Gasteiger partial charge in [-0.1, -0.05) is 13.5 Å². The topological polar surface area (TPSA) is 80.0 Å². The second-order valence-electron chi connectivity index (χ2n) is 11.1. The molecule has 2 aliphatic heterocycles. The molecule has 8 nitrogen and oxygen atoms in total. The monoisotopic (exact) mass is 645 g/mol. The van der Waals surface area contributed by atoms with Gasteiger partial charge in [-0.25, -0.2) is 9.37 Å². The van der Waals surface area contributed by atoms with Crippen LogP contribution in [0.2, 0.25) is 0 Å². The minimum absolute atomic E-state index is 0. The average molecular weight is 646 g/mol. The number of aromatic nitrogens is 3. The van der Waals surface area contributed by atoms with Crippen LogP contribution in [0.4, 0.5) is 10.1 Å². The van der Waals surface area contributed by atoms with E-state index in [1.807, 2.05) is 38.5 Å². The molecule has 1 saturated heterocycles. The molecule has 5 aromatic rings. The highest BCUT2D eigenvalue weighted by molar-refractivity contribution is 7.59. The first-order chi connectivity index (χ1) is 20.9. The molecule has 234 valence electrons. The Morgan fingerprint density at radius 3 is 2.69 bits per heavy atom. The fraction of sp³-hybridized carbons (Fsp3) is 0.294. The Hall–Kier alpha value is -4.22. The molecule has 11 heteroatoms. The van der Waals surface area contributed by atoms with Gasteiger partial charge >= 0.3 is 5.97 Å². The van der Waals surface area contributed by atoms with E-state index in [4.69, 9.17) is 9.72 Å². The van der Waals surface area contributed by atoms with Crippen LogP contribution < -0.4 is 4.90 Å². The molecule has 0 N–H and O–H groups in total. The quantitative estimate of drug-likeness (QED) is 0.196. The molecule has 4 aromatic heterocycles. The Balaban J connectivity index is 0.00000200. The highest BCUT2D eigenvalue weighted by Gasteiger charge is 2.31. The summed E-state index contributed by atoms with van der Waals surface area (Å²) in [7, 11) is 1.39. The van der Waals surface area contributed by atoms with Crippen LogP contribution in [0.3, 0.4) is 0 Å². The van der Waals surface area contributed by atoms with Crippen molar-refractivity contribution in [2.45, 2.75) is 33.2 Å². The molecule has 1 aromatic carbocycles. The van der Waals surface area contributed by atoms with Crippen LogP contribution in [0.15, 0.2) is 72.6 Å². The van der Waals surface area contributed by atoms with Crippen molar-refractivity contribution < 1.29 is 18.7 Å². The summed E-state index contributed by atoms with van der Waals surface area (Å²) in [6.45, 7) is 3.87. The van der Waals surface area contributed by atoms with E-state index in [2.05, 4.69) is 23.4 Å². The lowest BCUT2D eigenvalue weighted by Gasteiger charge is -2.33. The number of ether oxygens (including phenoxy) is 1. The van der Waals surface area contributed by atoms with Gasteiger partial charge in [0.15, 0.2) is 0 Å². The zero-order valence-electron chi connectivity index (χ0n) is 24.4. The second kappa shape index (κ2) is 13.0. The minimum atomic E-state index is -0.407. The van der Waals surface area contributed by atoms with Gasteiger partial charge in [0.1, 0.15) is 11.5 Å². The largest absolute Gasteiger partial charge is 0.469 e. The lowest BCUT2D eigenvalue weighted by atomic mass is 10.00. The van der Waals surface area contributed by atoms with E-state index in [9.17, 15) is 9.59 Å². The number of anilines is 1. The van der Waals surface area contributed by atoms with Crippen LogP contribution >= 0.6 is 24.8 Å². The number of halogens is 1. The van der Waals surface area contributed by atoms with Crippen molar-refractivity contribution in [2.75, 3.05) is 31.6 Å². The Morgan fingerprint density at radius 1 is 1.09 bits per heavy atom. The van der Waals surface area contributed by atoms with Crippen molar-refractivity contribution in [2.24, 2.45) is 5.92 Å². The molecule has 6 heterocycles. The zero-order chi connectivity index (χ0) is 29.7. The van der Waals surface area contributed by atoms with Gasteiger partial charge in [-0.3, -0.25) is 14.6 Å². The molecule has 0 bridgehead atoms. The first-order valence-electron chi connectivity index (χ1n) is 14.3. The summed E-state index contributed by atoms with van der Waals surface area (Å²) in [5.74, 6) is -0.917. The van der Waals surface area contributed by atoms with E-state index in [-0.39, 0.29) is 44.8 Å². The SMILES string of the molecule is C.COC(=O)[C@H]1CCN(c2ccc(-c3cn4cc(C(=O)N5CCc6sccc6[C@H]5C)cc(-c5cccnc5)c4n3)c(F)c2)C1.S. The standard InChI is InChI=1S/C33H30FN5O3S.CH4.H2S/c1-20-25-9-13-43-30(25)8-12-39(20)32(40)23-14-27(21-4-3-10-35-16-21)31-36-29(19-38(31)18-23)26-6-5-24(15-28(26)34)37-11-7-22(17-37)33(41)42-2;;/h3-6,9-10,13-16,18-20,22H,7-8,11-12,17H2,1-2H3;1H4;1H2/t20-,22+;;/m1../s1. The number of carbonyl (C=O) groups is 2. The summed E-state index contributed by atoms with van der Waals surface area (Å²) in [5.41, 5.74) is 5.44. The fourth-order valence-electron chi connectivity index (χ4n) is 6.29. The predicted octanol–water partition coefficient (Wildman–Crippen LogP) is 6.77. The summed E-state index contributed by atoms with van der Waals surface area (Å²) in [6.07, 6.45) is 8.51. The highest BCUT2D eigenvalue weighted by Crippen LogP contribution is 2.36. The molecule has 45 heavy (non-hydrogen) atoms. The summed E-state index contributed by atoms with van der Waals surface area (Å²) < 4.78 is 22.3. The van der Waals surface area contributed by atoms with Gasteiger partial charge in [0.25, 0.3) is 5.91 Å². The normalized spacial score (nSPS) is 17.4. The van der Waals surface area contributed by atoms with Crippen LogP contribution in [0.1, 0.15) is 47.6 Å². The molecular formula is C34H36FN5O3S2. The first kappa shape index (κ1) is 32.2. The van der Waals surface area contributed by atoms with Gasteiger partial charge in [-0.2, -0.15) is 13.5 Å². The molecule has 1 fully saturated rings. The summed E-state index contributed by atoms with van der Waals surface area (Å²) >= 11 is 1.74. The smallest absolute Gasteiger partial charge is 0.310 e. The predicted molar refractivity (Wildman–Crippen MR) is 181 cm³/mol. The van der Waals surface area contributed by atoms with Gasteiger partial charge in [-0.05, 0) is 67.1 Å². The van der Waals surface area contributed by atoms with Gasteiger partial charge < -0.3 is 18.9 Å². The minimum Gasteiger partial charge on any atom is -0.469 e. The number of hydrogen-bond donors (Lipinski definition) is 0. The third kappa shape index (κ3) is 5.82. The maximum atomic E-state index is 15.6. The number of hydrogen-bond acceptors (Lipinski definition) is 7. The van der Waals surface area contributed by atoms with Gasteiger partial charge in [0.2, 0.25) is 0 Å². The van der Waals surface area contributed by atoms with Crippen molar-refractivity contribution in [1.29, 1.82) is 0 Å². The van der Waals surface area contributed by atoms with Crippen LogP contribution in [-0.2, 0) is 16.0 Å². The maximum Gasteiger partial charge on any atom is 0.310 e. The molecule has 2 atom stereocenters. The van der Waals surface area contributed by atoms with Crippen molar-refractivity contribution >= 4 is 48.0 Å². The van der Waals surface area contributed by atoms with E-state index in [1.54, 1.807) is 42.2 Å². The number of methoxy groups -OCH3 is 1. The van der Waals surface area contributed by atoms with Crippen LogP contribution in [0, 0.1) is 11.7 Å². The van der Waals surface area contributed by atoms with E-state index in [0.29, 0.717) is 54.2 Å². The number of esters is 1. The molecular weight excluding hydrogens is 610 g/mol. The Bertz CT molecular complexity index is 1860. The summed E-state index contributed by atoms with van der Waals surface area (Å²) in [4.78, 5) is 40.3. The van der Waals surface area contributed by atoms with Gasteiger partial charge in [-0.15, -0.1) is 11.3 Å². The molecule has 7 rings (SSSR count). The lowest BCUT2D eigenvalue weighted by molar-refractivity contribution is -0.144. The molecule has 0 saturated carbocycles. The van der Waals surface area contributed by atoms with Crippen molar-refractivity contribution in [3.05, 3.63) is 94.5 Å². The average Bonchev–Trinajstić information content (AvgIpc) is 3.80. The summed E-state index contributed by atoms with van der Waals surface area (Å²) in [5, 5.41) is 2.09. The van der Waals surface area contributed by atoms with E-state index < -0.39 is 5.82 Å². The third-order valence-electron chi connectivity index (χ3n) is 8.63. The Morgan fingerprint density at radius 2 is 1.93 bits per heavy atom. The molecule has 1 amide bonds. The number of pyridine rings is 2. The van der Waals surface area contributed by atoms with E-state index in [0.717, 1.165) is 17.5 Å². The second-order valence-corrected chi connectivity index (χ2v) is 12.1. The number of rotatable bonds is 5. The van der Waals surface area contributed by atoms with Crippen LogP contribution in [0.25, 0.3) is 28.0 Å². The lowest BCUT2D eigenvalue weighted by Crippen LogP contribution is -2.38. The van der Waals surface area contributed by atoms with Crippen LogP contribution in [-0.4, -0.2) is 57.9 Å². The zero-order valence-corrected chi connectivity index (χ0v) is 26.2. The number of amides is 1. The van der Waals surface area contributed by atoms with E-state index >= 15 is 4.39 Å². The van der Waals surface area contributed by atoms with Crippen molar-refractivity contribution in [1.82, 2.24) is 19.3 Å². The number of nitrogens with zero attached hydrogens (tertiary/aromatic N) is 5. The maximum absolute atomic E-state index is 15.6. The van der Waals surface area contributed by atoms with Gasteiger partial charge in [0.05, 0.1) is 30.3 Å². The number of benzene rings is 1. The van der Waals surface area contributed by atoms with Crippen LogP contribution in [0.5, 0.6) is 0 Å². The molecule has 0 unspecified atom stereocenters. The fourth-order valence-corrected chi connectivity index (χ4v) is 7.26. The molecule has 0 aliphatic carbocycles. The molecule has 0 radical (unpaired) electrons. The number of carbonyl (C=O) groups excluding carboxylic acids is 2. The number of fused-ring (bicyclic) bond motifs is 2. The highest BCUT2D eigenvalue weighted by atomic mass is 32.1. The number of imidazole rings is 1. The van der Waals surface area contributed by atoms with E-state index in [1.165, 1.54) is 23.6 Å². The van der Waals surface area contributed by atoms with Crippen molar-refractivity contribution in [3.8, 4) is 22.4 Å². The number of thiophene rings is 1. The van der Waals surface area contributed by atoms with Gasteiger partial charge in [0, 0.05) is 71.7 Å². The molecule has 0 spiro atoms. The third-order valence-corrected chi connectivity index (χ3v) is 9.62. The Kier molecular flexibility index (Phi) is 9.31. The molecule has 2 aliphatic rings. The Labute approximate surface area is 272 Å².